The highest BCUT2D eigenvalue weighted by Gasteiger charge is 2.12. The highest BCUT2D eigenvalue weighted by Crippen LogP contribution is 2.25. The maximum absolute atomic E-state index is 13.5. The number of H-pyrrole nitrogens is 1. The third-order valence-electron chi connectivity index (χ3n) is 2.40. The molecule has 1 aromatic heterocycles. The first-order chi connectivity index (χ1) is 8.52. The van der Waals surface area contributed by atoms with Crippen molar-refractivity contribution in [1.29, 1.82) is 0 Å². The van der Waals surface area contributed by atoms with Gasteiger partial charge in [-0.1, -0.05) is 12.1 Å². The summed E-state index contributed by atoms with van der Waals surface area (Å²) in [6.07, 6.45) is 1.38. The Balaban J connectivity index is 2.29. The molecule has 0 aliphatic heterocycles. The van der Waals surface area contributed by atoms with Crippen LogP contribution in [0.15, 0.2) is 36.5 Å². The van der Waals surface area contributed by atoms with Crippen molar-refractivity contribution in [2.24, 2.45) is 0 Å². The first kappa shape index (κ1) is 12.6. The van der Waals surface area contributed by atoms with Gasteiger partial charge in [0.15, 0.2) is 5.75 Å². The van der Waals surface area contributed by atoms with E-state index in [2.05, 4.69) is 4.98 Å². The maximum Gasteiger partial charge on any atom is 0.308 e. The molecule has 0 saturated carbocycles. The van der Waals surface area contributed by atoms with Crippen LogP contribution >= 0.6 is 0 Å². The van der Waals surface area contributed by atoms with Crippen LogP contribution in [-0.2, 0) is 10.1 Å². The molecule has 0 fully saturated rings. The van der Waals surface area contributed by atoms with Crippen molar-refractivity contribution >= 4 is 10.1 Å². The molecular formula is C12H12FNO3S. The molecule has 4 nitrogen and oxygen atoms in total. The lowest BCUT2D eigenvalue weighted by atomic mass is 10.1. The monoisotopic (exact) mass is 269 g/mol. The minimum Gasteiger partial charge on any atom is -0.381 e. The SMILES string of the molecule is CCS(=O)(=O)Oc1c[nH]c(-c2ccccc2F)c1. The number of aromatic nitrogens is 1. The van der Waals surface area contributed by atoms with E-state index in [4.69, 9.17) is 4.18 Å². The van der Waals surface area contributed by atoms with Gasteiger partial charge in [-0.05, 0) is 19.1 Å². The van der Waals surface area contributed by atoms with Crippen LogP contribution in [0.25, 0.3) is 11.3 Å². The van der Waals surface area contributed by atoms with Gasteiger partial charge < -0.3 is 9.17 Å². The van der Waals surface area contributed by atoms with Gasteiger partial charge in [-0.15, -0.1) is 0 Å². The van der Waals surface area contributed by atoms with Gasteiger partial charge in [0.1, 0.15) is 5.82 Å². The van der Waals surface area contributed by atoms with E-state index in [1.54, 1.807) is 18.2 Å². The van der Waals surface area contributed by atoms with Crippen LogP contribution in [-0.4, -0.2) is 19.2 Å². The molecule has 0 spiro atoms. The average Bonchev–Trinajstić information content (AvgIpc) is 2.77. The number of hydrogen-bond donors (Lipinski definition) is 1. The third-order valence-corrected chi connectivity index (χ3v) is 3.55. The van der Waals surface area contributed by atoms with Gasteiger partial charge in [0.2, 0.25) is 0 Å². The molecular weight excluding hydrogens is 257 g/mol. The second kappa shape index (κ2) is 4.81. The lowest BCUT2D eigenvalue weighted by Crippen LogP contribution is -2.10. The lowest BCUT2D eigenvalue weighted by molar-refractivity contribution is 0.488. The van der Waals surface area contributed by atoms with Crippen molar-refractivity contribution in [3.63, 3.8) is 0 Å². The first-order valence-electron chi connectivity index (χ1n) is 5.37. The molecule has 0 atom stereocenters. The molecule has 18 heavy (non-hydrogen) atoms. The Kier molecular flexibility index (Phi) is 3.38. The standard InChI is InChI=1S/C12H12FNO3S/c1-2-18(15,16)17-9-7-12(14-8-9)10-5-3-4-6-11(10)13/h3-8,14H,2H2,1H3. The highest BCUT2D eigenvalue weighted by molar-refractivity contribution is 7.87. The minimum absolute atomic E-state index is 0.118. The smallest absolute Gasteiger partial charge is 0.308 e. The molecule has 0 bridgehead atoms. The van der Waals surface area contributed by atoms with Crippen molar-refractivity contribution in [1.82, 2.24) is 4.98 Å². The zero-order valence-corrected chi connectivity index (χ0v) is 10.5. The molecule has 0 saturated heterocycles. The summed E-state index contributed by atoms with van der Waals surface area (Å²) in [6.45, 7) is 1.49. The van der Waals surface area contributed by atoms with E-state index in [1.165, 1.54) is 25.3 Å². The normalized spacial score (nSPS) is 11.4. The molecule has 0 aliphatic carbocycles. The molecule has 96 valence electrons. The van der Waals surface area contributed by atoms with Gasteiger partial charge in [-0.2, -0.15) is 8.42 Å². The predicted octanol–water partition coefficient (Wildman–Crippen LogP) is 2.55. The van der Waals surface area contributed by atoms with Gasteiger partial charge in [0, 0.05) is 17.8 Å². The zero-order valence-electron chi connectivity index (χ0n) is 9.68. The number of rotatable bonds is 4. The van der Waals surface area contributed by atoms with Gasteiger partial charge in [-0.25, -0.2) is 4.39 Å². The topological polar surface area (TPSA) is 59.2 Å². The Morgan fingerprint density at radius 1 is 1.33 bits per heavy atom. The summed E-state index contributed by atoms with van der Waals surface area (Å²) < 4.78 is 40.9. The predicted molar refractivity (Wildman–Crippen MR) is 66.3 cm³/mol. The van der Waals surface area contributed by atoms with Crippen molar-refractivity contribution in [3.05, 3.63) is 42.3 Å². The average molecular weight is 269 g/mol. The molecule has 0 aliphatic rings. The molecule has 1 heterocycles. The minimum atomic E-state index is -3.57. The maximum atomic E-state index is 13.5. The molecule has 6 heteroatoms. The van der Waals surface area contributed by atoms with Crippen LogP contribution in [0.1, 0.15) is 6.92 Å². The fourth-order valence-electron chi connectivity index (χ4n) is 1.46. The van der Waals surface area contributed by atoms with Gasteiger partial charge in [0.25, 0.3) is 0 Å². The summed E-state index contributed by atoms with van der Waals surface area (Å²) in [5, 5.41) is 0. The summed E-state index contributed by atoms with van der Waals surface area (Å²) in [4.78, 5) is 2.78. The Morgan fingerprint density at radius 2 is 2.06 bits per heavy atom. The molecule has 0 unspecified atom stereocenters. The second-order valence-electron chi connectivity index (χ2n) is 3.66. The van der Waals surface area contributed by atoms with E-state index in [1.807, 2.05) is 0 Å². The number of hydrogen-bond acceptors (Lipinski definition) is 3. The third kappa shape index (κ3) is 2.70. The first-order valence-corrected chi connectivity index (χ1v) is 6.95. The molecule has 2 aromatic rings. The Morgan fingerprint density at radius 3 is 2.72 bits per heavy atom. The largest absolute Gasteiger partial charge is 0.381 e. The number of aromatic amines is 1. The summed E-state index contributed by atoms with van der Waals surface area (Å²) in [5.41, 5.74) is 0.829. The van der Waals surface area contributed by atoms with E-state index >= 15 is 0 Å². The van der Waals surface area contributed by atoms with E-state index in [-0.39, 0.29) is 17.3 Å². The quantitative estimate of drug-likeness (QED) is 0.868. The zero-order chi connectivity index (χ0) is 13.2. The Hall–Kier alpha value is -1.82. The van der Waals surface area contributed by atoms with Crippen LogP contribution in [0.2, 0.25) is 0 Å². The van der Waals surface area contributed by atoms with Crippen LogP contribution < -0.4 is 4.18 Å². The van der Waals surface area contributed by atoms with Crippen molar-refractivity contribution < 1.29 is 17.0 Å². The molecule has 1 aromatic carbocycles. The van der Waals surface area contributed by atoms with Crippen LogP contribution in [0.5, 0.6) is 5.75 Å². The Bertz CT molecular complexity index is 649. The molecule has 0 amide bonds. The van der Waals surface area contributed by atoms with Gasteiger partial charge in [0.05, 0.1) is 11.4 Å². The summed E-state index contributed by atoms with van der Waals surface area (Å²) in [5.74, 6) is -0.355. The van der Waals surface area contributed by atoms with E-state index in [0.29, 0.717) is 11.3 Å². The lowest BCUT2D eigenvalue weighted by Gasteiger charge is -2.01. The van der Waals surface area contributed by atoms with Gasteiger partial charge in [-0.3, -0.25) is 0 Å². The van der Waals surface area contributed by atoms with Crippen LogP contribution in [0, 0.1) is 5.82 Å². The number of nitrogens with one attached hydrogen (secondary N) is 1. The number of halogens is 1. The molecule has 0 radical (unpaired) electrons. The Labute approximate surface area is 105 Å². The summed E-state index contributed by atoms with van der Waals surface area (Å²) >= 11 is 0. The van der Waals surface area contributed by atoms with Crippen LogP contribution in [0.4, 0.5) is 4.39 Å². The number of benzene rings is 1. The van der Waals surface area contributed by atoms with Crippen molar-refractivity contribution in [2.75, 3.05) is 5.75 Å². The second-order valence-corrected chi connectivity index (χ2v) is 5.52. The summed E-state index contributed by atoms with van der Waals surface area (Å²) in [6, 6.07) is 7.66. The highest BCUT2D eigenvalue weighted by atomic mass is 32.2. The molecule has 2 rings (SSSR count). The fraction of sp³-hybridized carbons (Fsp3) is 0.167. The summed E-state index contributed by atoms with van der Waals surface area (Å²) in [7, 11) is -3.57. The molecule has 1 N–H and O–H groups in total. The van der Waals surface area contributed by atoms with Gasteiger partial charge >= 0.3 is 10.1 Å². The van der Waals surface area contributed by atoms with E-state index in [0.717, 1.165) is 0 Å². The fourth-order valence-corrected chi connectivity index (χ4v) is 1.97. The van der Waals surface area contributed by atoms with Crippen molar-refractivity contribution in [3.8, 4) is 17.0 Å². The van der Waals surface area contributed by atoms with E-state index in [9.17, 15) is 12.8 Å². The van der Waals surface area contributed by atoms with Crippen LogP contribution in [0.3, 0.4) is 0 Å². The van der Waals surface area contributed by atoms with Crippen molar-refractivity contribution in [2.45, 2.75) is 6.92 Å². The van der Waals surface area contributed by atoms with E-state index < -0.39 is 10.1 Å².